The Bertz CT molecular complexity index is 456. The SMILES string of the molecule is COCc1cc(/C(C)=N\NC(C)=O)ccc1OC. The van der Waals surface area contributed by atoms with Crippen LogP contribution >= 0.6 is 0 Å². The molecule has 0 atom stereocenters. The summed E-state index contributed by atoms with van der Waals surface area (Å²) < 4.78 is 10.4. The predicted molar refractivity (Wildman–Crippen MR) is 69.7 cm³/mol. The summed E-state index contributed by atoms with van der Waals surface area (Å²) in [6.07, 6.45) is 0. The number of ether oxygens (including phenoxy) is 2. The first-order chi connectivity index (χ1) is 8.58. The number of nitrogens with zero attached hydrogens (tertiary/aromatic N) is 1. The number of hydrogen-bond acceptors (Lipinski definition) is 4. The first-order valence-corrected chi connectivity index (χ1v) is 5.55. The van der Waals surface area contributed by atoms with Crippen LogP contribution in [0.1, 0.15) is 25.0 Å². The summed E-state index contributed by atoms with van der Waals surface area (Å²) in [6.45, 7) is 3.71. The number of rotatable bonds is 5. The topological polar surface area (TPSA) is 59.9 Å². The third kappa shape index (κ3) is 3.85. The maximum atomic E-state index is 10.8. The molecule has 0 bridgehead atoms. The summed E-state index contributed by atoms with van der Waals surface area (Å²) in [6, 6.07) is 5.68. The number of carbonyl (C=O) groups is 1. The predicted octanol–water partition coefficient (Wildman–Crippen LogP) is 1.70. The van der Waals surface area contributed by atoms with E-state index >= 15 is 0 Å². The van der Waals surface area contributed by atoms with E-state index in [1.807, 2.05) is 25.1 Å². The third-order valence-corrected chi connectivity index (χ3v) is 2.38. The lowest BCUT2D eigenvalue weighted by Gasteiger charge is -2.10. The normalized spacial score (nSPS) is 11.2. The molecule has 98 valence electrons. The number of nitrogens with one attached hydrogen (secondary N) is 1. The molecule has 1 aromatic rings. The van der Waals surface area contributed by atoms with Crippen molar-refractivity contribution in [1.29, 1.82) is 0 Å². The van der Waals surface area contributed by atoms with Crippen LogP contribution in [0.15, 0.2) is 23.3 Å². The molecule has 5 nitrogen and oxygen atoms in total. The summed E-state index contributed by atoms with van der Waals surface area (Å²) in [5.41, 5.74) is 4.99. The van der Waals surface area contributed by atoms with E-state index in [0.29, 0.717) is 6.61 Å². The van der Waals surface area contributed by atoms with E-state index in [4.69, 9.17) is 9.47 Å². The van der Waals surface area contributed by atoms with Crippen LogP contribution in [0.4, 0.5) is 0 Å². The molecule has 0 aromatic heterocycles. The van der Waals surface area contributed by atoms with Crippen LogP contribution in [0.2, 0.25) is 0 Å². The standard InChI is InChI=1S/C13H18N2O3/c1-9(14-15-10(2)16)11-5-6-13(18-4)12(7-11)8-17-3/h5-7H,8H2,1-4H3,(H,15,16)/b14-9-. The van der Waals surface area contributed by atoms with E-state index in [9.17, 15) is 4.79 Å². The number of amides is 1. The van der Waals surface area contributed by atoms with Gasteiger partial charge in [-0.15, -0.1) is 0 Å². The molecule has 1 rings (SSSR count). The molecular weight excluding hydrogens is 232 g/mol. The van der Waals surface area contributed by atoms with Crippen molar-refractivity contribution in [2.45, 2.75) is 20.5 Å². The zero-order valence-corrected chi connectivity index (χ0v) is 11.1. The van der Waals surface area contributed by atoms with E-state index in [1.165, 1.54) is 6.92 Å². The van der Waals surface area contributed by atoms with Crippen molar-refractivity contribution in [2.75, 3.05) is 14.2 Å². The van der Waals surface area contributed by atoms with Crippen LogP contribution in [0.5, 0.6) is 5.75 Å². The molecule has 0 fully saturated rings. The summed E-state index contributed by atoms with van der Waals surface area (Å²) in [7, 11) is 3.25. The molecule has 0 spiro atoms. The van der Waals surface area contributed by atoms with Crippen LogP contribution in [-0.4, -0.2) is 25.8 Å². The van der Waals surface area contributed by atoms with E-state index in [2.05, 4.69) is 10.5 Å². The van der Waals surface area contributed by atoms with Crippen molar-refractivity contribution in [3.8, 4) is 5.75 Å². The van der Waals surface area contributed by atoms with E-state index in [1.54, 1.807) is 14.2 Å². The number of methoxy groups -OCH3 is 2. The lowest BCUT2D eigenvalue weighted by atomic mass is 10.1. The minimum atomic E-state index is -0.194. The fraction of sp³-hybridized carbons (Fsp3) is 0.385. The van der Waals surface area contributed by atoms with Gasteiger partial charge in [0.15, 0.2) is 0 Å². The summed E-state index contributed by atoms with van der Waals surface area (Å²) in [5.74, 6) is 0.577. The van der Waals surface area contributed by atoms with Gasteiger partial charge in [0.25, 0.3) is 0 Å². The van der Waals surface area contributed by atoms with Crippen LogP contribution in [0.3, 0.4) is 0 Å². The Morgan fingerprint density at radius 3 is 2.61 bits per heavy atom. The number of hydrogen-bond donors (Lipinski definition) is 1. The van der Waals surface area contributed by atoms with Crippen molar-refractivity contribution in [1.82, 2.24) is 5.43 Å². The first-order valence-electron chi connectivity index (χ1n) is 5.55. The van der Waals surface area contributed by atoms with Crippen molar-refractivity contribution < 1.29 is 14.3 Å². The Morgan fingerprint density at radius 2 is 2.06 bits per heavy atom. The van der Waals surface area contributed by atoms with Gasteiger partial charge in [0.1, 0.15) is 5.75 Å². The van der Waals surface area contributed by atoms with Gasteiger partial charge in [-0.1, -0.05) is 0 Å². The minimum absolute atomic E-state index is 0.194. The molecule has 1 N–H and O–H groups in total. The third-order valence-electron chi connectivity index (χ3n) is 2.38. The molecule has 0 aliphatic heterocycles. The fourth-order valence-electron chi connectivity index (χ4n) is 1.50. The summed E-state index contributed by atoms with van der Waals surface area (Å²) >= 11 is 0. The highest BCUT2D eigenvalue weighted by Crippen LogP contribution is 2.21. The molecule has 0 aliphatic rings. The molecule has 0 saturated carbocycles. The van der Waals surface area contributed by atoms with Crippen LogP contribution in [-0.2, 0) is 16.1 Å². The molecular formula is C13H18N2O3. The lowest BCUT2D eigenvalue weighted by Crippen LogP contribution is -2.15. The lowest BCUT2D eigenvalue weighted by molar-refractivity contribution is -0.118. The Kier molecular flexibility index (Phi) is 5.32. The van der Waals surface area contributed by atoms with E-state index < -0.39 is 0 Å². The quantitative estimate of drug-likeness (QED) is 0.639. The molecule has 1 amide bonds. The molecule has 0 unspecified atom stereocenters. The highest BCUT2D eigenvalue weighted by Gasteiger charge is 2.06. The first kappa shape index (κ1) is 14.2. The molecule has 0 aliphatic carbocycles. The summed E-state index contributed by atoms with van der Waals surface area (Å²) in [4.78, 5) is 10.8. The van der Waals surface area contributed by atoms with Gasteiger partial charge in [0.2, 0.25) is 5.91 Å². The molecule has 0 heterocycles. The van der Waals surface area contributed by atoms with Crippen molar-refractivity contribution in [2.24, 2.45) is 5.10 Å². The maximum absolute atomic E-state index is 10.8. The minimum Gasteiger partial charge on any atom is -0.496 e. The molecule has 0 saturated heterocycles. The van der Waals surface area contributed by atoms with Gasteiger partial charge >= 0.3 is 0 Å². The van der Waals surface area contributed by atoms with Crippen molar-refractivity contribution in [3.63, 3.8) is 0 Å². The smallest absolute Gasteiger partial charge is 0.236 e. The maximum Gasteiger partial charge on any atom is 0.236 e. The van der Waals surface area contributed by atoms with E-state index in [-0.39, 0.29) is 5.91 Å². The molecule has 0 radical (unpaired) electrons. The Balaban J connectivity index is 2.99. The van der Waals surface area contributed by atoms with Gasteiger partial charge in [-0.05, 0) is 30.7 Å². The molecule has 18 heavy (non-hydrogen) atoms. The van der Waals surface area contributed by atoms with Gasteiger partial charge in [0.05, 0.1) is 19.4 Å². The van der Waals surface area contributed by atoms with Gasteiger partial charge in [-0.3, -0.25) is 4.79 Å². The second-order valence-electron chi connectivity index (χ2n) is 3.82. The van der Waals surface area contributed by atoms with Crippen LogP contribution in [0.25, 0.3) is 0 Å². The highest BCUT2D eigenvalue weighted by molar-refractivity contribution is 5.99. The zero-order valence-electron chi connectivity index (χ0n) is 11.1. The molecule has 5 heteroatoms. The van der Waals surface area contributed by atoms with Crippen LogP contribution in [0, 0.1) is 0 Å². The Hall–Kier alpha value is -1.88. The van der Waals surface area contributed by atoms with E-state index in [0.717, 1.165) is 22.6 Å². The number of carbonyl (C=O) groups excluding carboxylic acids is 1. The van der Waals surface area contributed by atoms with Crippen LogP contribution < -0.4 is 10.2 Å². The average molecular weight is 250 g/mol. The average Bonchev–Trinajstić information content (AvgIpc) is 2.36. The fourth-order valence-corrected chi connectivity index (χ4v) is 1.50. The monoisotopic (exact) mass is 250 g/mol. The highest BCUT2D eigenvalue weighted by atomic mass is 16.5. The van der Waals surface area contributed by atoms with Crippen molar-refractivity contribution >= 4 is 11.6 Å². The Morgan fingerprint density at radius 1 is 1.33 bits per heavy atom. The van der Waals surface area contributed by atoms with Crippen molar-refractivity contribution in [3.05, 3.63) is 29.3 Å². The Labute approximate surface area is 107 Å². The number of hydrazone groups is 1. The van der Waals surface area contributed by atoms with Gasteiger partial charge in [-0.2, -0.15) is 5.10 Å². The second-order valence-corrected chi connectivity index (χ2v) is 3.82. The molecule has 1 aromatic carbocycles. The van der Waals surface area contributed by atoms with Gasteiger partial charge < -0.3 is 9.47 Å². The number of benzene rings is 1. The van der Waals surface area contributed by atoms with Gasteiger partial charge in [0, 0.05) is 19.6 Å². The summed E-state index contributed by atoms with van der Waals surface area (Å²) in [5, 5.41) is 3.99. The van der Waals surface area contributed by atoms with Gasteiger partial charge in [-0.25, -0.2) is 5.43 Å². The largest absolute Gasteiger partial charge is 0.496 e. The second kappa shape index (κ2) is 6.76. The zero-order chi connectivity index (χ0) is 13.5.